The molecule has 5 rings (SSSR count). The van der Waals surface area contributed by atoms with E-state index in [-0.39, 0.29) is 18.0 Å². The molecule has 1 saturated heterocycles. The largest absolute Gasteiger partial charge is 0.490 e. The normalized spacial score (nSPS) is 21.6. The SMILES string of the molecule is CCOC(=O)C1CCN(Cc2ccc3cc(O[C@H]4CC[C@H](c5ccccc5)CC4)ccc3n2)CC1. The summed E-state index contributed by atoms with van der Waals surface area (Å²) in [5, 5.41) is 1.12. The van der Waals surface area contributed by atoms with E-state index in [0.29, 0.717) is 12.5 Å². The second-order valence-corrected chi connectivity index (χ2v) is 9.96. The molecule has 0 amide bonds. The summed E-state index contributed by atoms with van der Waals surface area (Å²) in [4.78, 5) is 19.3. The van der Waals surface area contributed by atoms with Gasteiger partial charge in [0, 0.05) is 11.9 Å². The van der Waals surface area contributed by atoms with Crippen molar-refractivity contribution in [1.82, 2.24) is 9.88 Å². The lowest BCUT2D eigenvalue weighted by atomic mass is 9.83. The van der Waals surface area contributed by atoms with Gasteiger partial charge in [-0.25, -0.2) is 0 Å². The second-order valence-electron chi connectivity index (χ2n) is 9.96. The number of esters is 1. The summed E-state index contributed by atoms with van der Waals surface area (Å²) in [6.07, 6.45) is 6.58. The Kier molecular flexibility index (Phi) is 7.63. The zero-order valence-electron chi connectivity index (χ0n) is 20.7. The maximum atomic E-state index is 12.0. The molecule has 5 heteroatoms. The number of ether oxygens (including phenoxy) is 2. The van der Waals surface area contributed by atoms with E-state index in [1.807, 2.05) is 6.92 Å². The van der Waals surface area contributed by atoms with Crippen molar-refractivity contribution in [2.75, 3.05) is 19.7 Å². The van der Waals surface area contributed by atoms with E-state index in [1.54, 1.807) is 0 Å². The highest BCUT2D eigenvalue weighted by Gasteiger charge is 2.26. The van der Waals surface area contributed by atoms with E-state index in [4.69, 9.17) is 14.5 Å². The van der Waals surface area contributed by atoms with Crippen LogP contribution in [0.25, 0.3) is 10.9 Å². The first-order valence-corrected chi connectivity index (χ1v) is 13.2. The van der Waals surface area contributed by atoms with Crippen molar-refractivity contribution in [3.8, 4) is 5.75 Å². The van der Waals surface area contributed by atoms with Crippen LogP contribution in [0.2, 0.25) is 0 Å². The van der Waals surface area contributed by atoms with Crippen LogP contribution in [-0.4, -0.2) is 41.7 Å². The minimum atomic E-state index is -0.0433. The average Bonchev–Trinajstić information content (AvgIpc) is 2.90. The maximum Gasteiger partial charge on any atom is 0.309 e. The number of aromatic nitrogens is 1. The number of hydrogen-bond acceptors (Lipinski definition) is 5. The smallest absolute Gasteiger partial charge is 0.309 e. The lowest BCUT2D eigenvalue weighted by Crippen LogP contribution is -2.36. The van der Waals surface area contributed by atoms with Gasteiger partial charge in [-0.1, -0.05) is 36.4 Å². The number of piperidine rings is 1. The molecule has 2 heterocycles. The standard InChI is InChI=1S/C30H36N2O3/c1-2-34-30(33)24-16-18-32(19-17-24)21-26-11-8-25-20-28(14-15-29(25)31-26)35-27-12-9-23(10-13-27)22-6-4-3-5-7-22/h3-8,11,14-15,20,23-24,27H,2,9-10,12-13,16-19,21H2,1H3/t23-,27-. The monoisotopic (exact) mass is 472 g/mol. The molecule has 0 spiro atoms. The van der Waals surface area contributed by atoms with Crippen molar-refractivity contribution in [2.24, 2.45) is 5.92 Å². The number of pyridine rings is 1. The molecule has 0 radical (unpaired) electrons. The van der Waals surface area contributed by atoms with Gasteiger partial charge in [-0.15, -0.1) is 0 Å². The predicted octanol–water partition coefficient (Wildman–Crippen LogP) is 6.12. The molecular weight excluding hydrogens is 436 g/mol. The van der Waals surface area contributed by atoms with Gasteiger partial charge in [0.15, 0.2) is 0 Å². The molecule has 3 aromatic rings. The van der Waals surface area contributed by atoms with Crippen molar-refractivity contribution >= 4 is 16.9 Å². The summed E-state index contributed by atoms with van der Waals surface area (Å²) >= 11 is 0. The Labute approximate surface area is 208 Å². The fourth-order valence-electron chi connectivity index (χ4n) is 5.55. The summed E-state index contributed by atoms with van der Waals surface area (Å²) in [6, 6.07) is 21.4. The summed E-state index contributed by atoms with van der Waals surface area (Å²) in [7, 11) is 0. The van der Waals surface area contributed by atoms with Crippen molar-refractivity contribution in [1.29, 1.82) is 0 Å². The van der Waals surface area contributed by atoms with E-state index < -0.39 is 0 Å². The topological polar surface area (TPSA) is 51.7 Å². The van der Waals surface area contributed by atoms with E-state index in [2.05, 4.69) is 65.6 Å². The molecular formula is C30H36N2O3. The van der Waals surface area contributed by atoms with E-state index in [0.717, 1.165) is 67.7 Å². The fourth-order valence-corrected chi connectivity index (χ4v) is 5.55. The Hall–Kier alpha value is -2.92. The molecule has 2 aromatic carbocycles. The maximum absolute atomic E-state index is 12.0. The number of carbonyl (C=O) groups is 1. The molecule has 1 aliphatic carbocycles. The number of carbonyl (C=O) groups excluding carboxylic acids is 1. The van der Waals surface area contributed by atoms with Crippen LogP contribution in [0.1, 0.15) is 62.6 Å². The molecule has 2 fully saturated rings. The van der Waals surface area contributed by atoms with Crippen LogP contribution < -0.4 is 4.74 Å². The van der Waals surface area contributed by atoms with Gasteiger partial charge in [0.2, 0.25) is 0 Å². The Morgan fingerprint density at radius 1 is 0.943 bits per heavy atom. The van der Waals surface area contributed by atoms with Crippen molar-refractivity contribution in [3.05, 3.63) is 71.9 Å². The lowest BCUT2D eigenvalue weighted by molar-refractivity contribution is -0.149. The van der Waals surface area contributed by atoms with Gasteiger partial charge in [-0.2, -0.15) is 0 Å². The lowest BCUT2D eigenvalue weighted by Gasteiger charge is -2.30. The molecule has 1 aliphatic heterocycles. The quantitative estimate of drug-likeness (QED) is 0.388. The number of rotatable bonds is 7. The van der Waals surface area contributed by atoms with E-state index in [9.17, 15) is 4.79 Å². The highest BCUT2D eigenvalue weighted by molar-refractivity contribution is 5.80. The molecule has 0 bridgehead atoms. The van der Waals surface area contributed by atoms with Crippen LogP contribution in [0.15, 0.2) is 60.7 Å². The van der Waals surface area contributed by atoms with Gasteiger partial charge < -0.3 is 9.47 Å². The van der Waals surface area contributed by atoms with Gasteiger partial charge in [-0.3, -0.25) is 14.7 Å². The van der Waals surface area contributed by atoms with Gasteiger partial charge in [0.1, 0.15) is 5.75 Å². The number of hydrogen-bond donors (Lipinski definition) is 0. The minimum absolute atomic E-state index is 0.0433. The Bertz CT molecular complexity index is 1120. The third kappa shape index (κ3) is 6.02. The minimum Gasteiger partial charge on any atom is -0.490 e. The average molecular weight is 473 g/mol. The number of nitrogens with zero attached hydrogens (tertiary/aromatic N) is 2. The Morgan fingerprint density at radius 2 is 1.71 bits per heavy atom. The zero-order chi connectivity index (χ0) is 24.0. The van der Waals surface area contributed by atoms with E-state index >= 15 is 0 Å². The molecule has 1 saturated carbocycles. The first kappa shape index (κ1) is 23.8. The summed E-state index contributed by atoms with van der Waals surface area (Å²) in [6.45, 7) is 4.95. The van der Waals surface area contributed by atoms with Crippen LogP contribution in [0.5, 0.6) is 5.75 Å². The van der Waals surface area contributed by atoms with Gasteiger partial charge in [-0.05, 0) is 94.3 Å². The van der Waals surface area contributed by atoms with Crippen LogP contribution >= 0.6 is 0 Å². The highest BCUT2D eigenvalue weighted by Crippen LogP contribution is 2.35. The number of benzene rings is 2. The molecule has 2 aliphatic rings. The van der Waals surface area contributed by atoms with Crippen molar-refractivity contribution in [3.63, 3.8) is 0 Å². The second kappa shape index (κ2) is 11.2. The molecule has 5 nitrogen and oxygen atoms in total. The van der Waals surface area contributed by atoms with Crippen molar-refractivity contribution in [2.45, 2.75) is 64.0 Å². The summed E-state index contributed by atoms with van der Waals surface area (Å²) in [5.41, 5.74) is 3.53. The molecule has 35 heavy (non-hydrogen) atoms. The van der Waals surface area contributed by atoms with Crippen LogP contribution in [0.4, 0.5) is 0 Å². The van der Waals surface area contributed by atoms with E-state index in [1.165, 1.54) is 18.4 Å². The molecule has 0 unspecified atom stereocenters. The number of fused-ring (bicyclic) bond motifs is 1. The summed E-state index contributed by atoms with van der Waals surface area (Å²) in [5.74, 6) is 1.60. The van der Waals surface area contributed by atoms with Gasteiger partial charge in [0.05, 0.1) is 29.8 Å². The first-order chi connectivity index (χ1) is 17.2. The molecule has 1 aromatic heterocycles. The third-order valence-corrected chi connectivity index (χ3v) is 7.56. The first-order valence-electron chi connectivity index (χ1n) is 13.2. The van der Waals surface area contributed by atoms with Crippen molar-refractivity contribution < 1.29 is 14.3 Å². The molecule has 0 atom stereocenters. The Morgan fingerprint density at radius 3 is 2.46 bits per heavy atom. The fraction of sp³-hybridized carbons (Fsp3) is 0.467. The van der Waals surface area contributed by atoms with Crippen LogP contribution in [0.3, 0.4) is 0 Å². The molecule has 184 valence electrons. The predicted molar refractivity (Wildman–Crippen MR) is 138 cm³/mol. The highest BCUT2D eigenvalue weighted by atomic mass is 16.5. The van der Waals surface area contributed by atoms with Gasteiger partial charge >= 0.3 is 5.97 Å². The molecule has 0 N–H and O–H groups in total. The van der Waals surface area contributed by atoms with Gasteiger partial charge in [0.25, 0.3) is 0 Å². The zero-order valence-corrected chi connectivity index (χ0v) is 20.7. The summed E-state index contributed by atoms with van der Waals surface area (Å²) < 4.78 is 11.6. The third-order valence-electron chi connectivity index (χ3n) is 7.56. The van der Waals surface area contributed by atoms with Crippen LogP contribution in [-0.2, 0) is 16.1 Å². The van der Waals surface area contributed by atoms with Crippen LogP contribution in [0, 0.1) is 5.92 Å². The Balaban J connectivity index is 1.14. The number of likely N-dealkylation sites (tertiary alicyclic amines) is 1.